The van der Waals surface area contributed by atoms with E-state index in [1.165, 1.54) is 11.3 Å². The number of halogens is 1. The summed E-state index contributed by atoms with van der Waals surface area (Å²) in [5.74, 6) is 0.858. The molecule has 0 radical (unpaired) electrons. The van der Waals surface area contributed by atoms with Crippen molar-refractivity contribution in [1.29, 1.82) is 0 Å². The maximum Gasteiger partial charge on any atom is 0.360 e. The van der Waals surface area contributed by atoms with Crippen molar-refractivity contribution >= 4 is 17.8 Å². The van der Waals surface area contributed by atoms with Crippen molar-refractivity contribution in [2.75, 3.05) is 19.0 Å². The molecule has 6 nitrogen and oxygen atoms in total. The smallest absolute Gasteiger partial charge is 0.360 e. The lowest BCUT2D eigenvalue weighted by Crippen LogP contribution is -2.68. The summed E-state index contributed by atoms with van der Waals surface area (Å²) in [6.45, 7) is 0. The highest BCUT2D eigenvalue weighted by Crippen LogP contribution is 2.31. The molecule has 0 aliphatic heterocycles. The van der Waals surface area contributed by atoms with Gasteiger partial charge in [0.2, 0.25) is 0 Å². The minimum atomic E-state index is -4.94. The summed E-state index contributed by atoms with van der Waals surface area (Å²) in [5, 5.41) is 0. The zero-order valence-electron chi connectivity index (χ0n) is 18.8. The molecule has 0 atom stereocenters. The van der Waals surface area contributed by atoms with E-state index in [2.05, 4.69) is 83.8 Å². The minimum Gasteiger partial charge on any atom is -0.378 e. The Bertz CT molecular complexity index is 1200. The molecule has 0 amide bonds. The lowest BCUT2D eigenvalue weighted by molar-refractivity contribution is -2.00. The Morgan fingerprint density at radius 1 is 0.706 bits per heavy atom. The van der Waals surface area contributed by atoms with Crippen molar-refractivity contribution in [3.8, 4) is 22.5 Å². The summed E-state index contributed by atoms with van der Waals surface area (Å²) in [6.07, 6.45) is 6.08. The molecule has 174 valence electrons. The normalized spacial score (nSPS) is 11.1. The number of hydrogen-bond acceptors (Lipinski definition) is 5. The van der Waals surface area contributed by atoms with Crippen molar-refractivity contribution in [1.82, 2.24) is 0 Å². The molecule has 0 aliphatic carbocycles. The van der Waals surface area contributed by atoms with Crippen LogP contribution in [-0.2, 0) is 0 Å². The third-order valence-electron chi connectivity index (χ3n) is 4.91. The Morgan fingerprint density at radius 3 is 1.76 bits per heavy atom. The molecular formula is C27H24ClNO5. The highest BCUT2D eigenvalue weighted by Gasteiger charge is 2.16. The highest BCUT2D eigenvalue weighted by atomic mass is 35.7. The first-order valence-electron chi connectivity index (χ1n) is 10.3. The van der Waals surface area contributed by atoms with Crippen LogP contribution in [-0.4, -0.2) is 14.1 Å². The average molecular weight is 478 g/mol. The number of benzene rings is 3. The largest absolute Gasteiger partial charge is 0.378 e. The second kappa shape index (κ2) is 11.6. The summed E-state index contributed by atoms with van der Waals surface area (Å²) in [5.41, 5.74) is 6.78. The Balaban J connectivity index is 0.000000588. The number of nitrogens with zero attached hydrogens (tertiary/aromatic N) is 1. The van der Waals surface area contributed by atoms with Crippen LogP contribution >= 0.6 is 0 Å². The van der Waals surface area contributed by atoms with Gasteiger partial charge in [0.05, 0.1) is 17.2 Å². The molecular weight excluding hydrogens is 454 g/mol. The molecule has 0 bridgehead atoms. The monoisotopic (exact) mass is 477 g/mol. The molecule has 3 aromatic carbocycles. The predicted molar refractivity (Wildman–Crippen MR) is 124 cm³/mol. The zero-order chi connectivity index (χ0) is 24.6. The van der Waals surface area contributed by atoms with E-state index >= 15 is 0 Å². The molecule has 0 unspecified atom stereocenters. The molecule has 0 fully saturated rings. The Morgan fingerprint density at radius 2 is 1.24 bits per heavy atom. The first kappa shape index (κ1) is 25.1. The second-order valence-electron chi connectivity index (χ2n) is 7.54. The van der Waals surface area contributed by atoms with Gasteiger partial charge >= 0.3 is 12.0 Å². The van der Waals surface area contributed by atoms with Gasteiger partial charge in [-0.05, 0) is 41.5 Å². The highest BCUT2D eigenvalue weighted by molar-refractivity contribution is 5.82. The van der Waals surface area contributed by atoms with Crippen LogP contribution in [0.1, 0.15) is 11.1 Å². The fraction of sp³-hybridized carbons (Fsp3) is 0.0741. The van der Waals surface area contributed by atoms with E-state index in [4.69, 9.17) is 23.1 Å². The lowest BCUT2D eigenvalue weighted by atomic mass is 9.99. The van der Waals surface area contributed by atoms with Gasteiger partial charge in [0.25, 0.3) is 0 Å². The molecule has 0 saturated heterocycles. The Kier molecular flexibility index (Phi) is 8.54. The number of anilines is 1. The van der Waals surface area contributed by atoms with Gasteiger partial charge in [-0.1, -0.05) is 66.7 Å². The van der Waals surface area contributed by atoms with E-state index in [1.54, 1.807) is 0 Å². The summed E-state index contributed by atoms with van der Waals surface area (Å²) in [6, 6.07) is 31.3. The second-order valence-corrected chi connectivity index (χ2v) is 8.30. The molecule has 4 aromatic rings. The van der Waals surface area contributed by atoms with Crippen LogP contribution in [0.25, 0.3) is 34.6 Å². The van der Waals surface area contributed by atoms with Crippen LogP contribution < -0.4 is 23.5 Å². The van der Waals surface area contributed by atoms with Gasteiger partial charge in [0.1, 0.15) is 0 Å². The third-order valence-corrected chi connectivity index (χ3v) is 4.91. The quantitative estimate of drug-likeness (QED) is 0.408. The first-order chi connectivity index (χ1) is 16.2. The van der Waals surface area contributed by atoms with Crippen molar-refractivity contribution in [3.63, 3.8) is 0 Å². The van der Waals surface area contributed by atoms with Crippen LogP contribution in [0, 0.1) is 10.2 Å². The molecule has 7 heteroatoms. The molecule has 34 heavy (non-hydrogen) atoms. The average Bonchev–Trinajstić information content (AvgIpc) is 2.83. The van der Waals surface area contributed by atoms with E-state index < -0.39 is 10.2 Å². The fourth-order valence-electron chi connectivity index (χ4n) is 3.26. The maximum atomic E-state index is 8.49. The van der Waals surface area contributed by atoms with E-state index in [9.17, 15) is 0 Å². The van der Waals surface area contributed by atoms with Crippen LogP contribution in [0.2, 0.25) is 0 Å². The van der Waals surface area contributed by atoms with E-state index in [0.717, 1.165) is 28.0 Å². The molecule has 0 spiro atoms. The Hall–Kier alpha value is -3.52. The number of rotatable bonds is 5. The van der Waals surface area contributed by atoms with E-state index in [1.807, 2.05) is 44.6 Å². The lowest BCUT2D eigenvalue weighted by Gasteiger charge is -2.17. The molecule has 1 heterocycles. The molecule has 4 rings (SSSR count). The van der Waals surface area contributed by atoms with Crippen LogP contribution in [0.5, 0.6) is 0 Å². The van der Waals surface area contributed by atoms with Crippen molar-refractivity contribution in [2.24, 2.45) is 0 Å². The topological polar surface area (TPSA) is 107 Å². The van der Waals surface area contributed by atoms with Gasteiger partial charge in [-0.2, -0.15) is 0 Å². The summed E-state index contributed by atoms with van der Waals surface area (Å²) in [7, 11) is -0.848. The van der Waals surface area contributed by atoms with E-state index in [-0.39, 0.29) is 0 Å². The maximum absolute atomic E-state index is 8.49. The summed E-state index contributed by atoms with van der Waals surface area (Å²) in [4.78, 5) is 2.10. The molecule has 0 saturated carbocycles. The van der Waals surface area contributed by atoms with Crippen LogP contribution in [0.3, 0.4) is 0 Å². The van der Waals surface area contributed by atoms with Crippen LogP contribution in [0.4, 0.5) is 5.69 Å². The predicted octanol–water partition coefficient (Wildman–Crippen LogP) is 2.38. The Labute approximate surface area is 201 Å². The van der Waals surface area contributed by atoms with Gasteiger partial charge in [-0.3, -0.25) is 0 Å². The van der Waals surface area contributed by atoms with E-state index in [0.29, 0.717) is 0 Å². The standard InChI is InChI=1S/C27H24NO.ClHO4/c1-28(2)25-17-14-21(15-18-25)13-16-24-20-29-27(23-11-7-4-8-12-23)19-26(24)22-9-5-3-6-10-22;2-1(3,4)5/h3-20H,1-2H3;(H,2,3,4,5)/q+1;/p-1. The third kappa shape index (κ3) is 7.81. The van der Waals surface area contributed by atoms with Crippen molar-refractivity contribution < 1.29 is 33.3 Å². The zero-order valence-corrected chi connectivity index (χ0v) is 19.5. The number of hydrogen-bond donors (Lipinski definition) is 0. The van der Waals surface area contributed by atoms with Gasteiger partial charge < -0.3 is 4.90 Å². The van der Waals surface area contributed by atoms with Crippen molar-refractivity contribution in [2.45, 2.75) is 0 Å². The van der Waals surface area contributed by atoms with Crippen molar-refractivity contribution in [3.05, 3.63) is 108 Å². The van der Waals surface area contributed by atoms with Gasteiger partial charge in [-0.15, -0.1) is 10.2 Å². The molecule has 0 N–H and O–H groups in total. The van der Waals surface area contributed by atoms with Crippen LogP contribution in [0.15, 0.2) is 102 Å². The van der Waals surface area contributed by atoms with Gasteiger partial charge in [0, 0.05) is 25.3 Å². The van der Waals surface area contributed by atoms with Gasteiger partial charge in [-0.25, -0.2) is 23.1 Å². The molecule has 0 aliphatic rings. The fourth-order valence-corrected chi connectivity index (χ4v) is 3.26. The first-order valence-corrected chi connectivity index (χ1v) is 11.6. The summed E-state index contributed by atoms with van der Waals surface area (Å²) >= 11 is 0. The molecule has 1 aromatic heterocycles. The van der Waals surface area contributed by atoms with Gasteiger partial charge in [0.15, 0.2) is 0 Å². The summed E-state index contributed by atoms with van der Waals surface area (Å²) < 4.78 is 40.0. The minimum absolute atomic E-state index is 0.858. The SMILES string of the molecule is CN(C)c1ccc(C=Cc2c[o+]c(-c3ccccc3)cc2-c2ccccc2)cc1.[O-][Cl+3]([O-])([O-])[O-].